The number of aromatic nitrogens is 1. The van der Waals surface area contributed by atoms with Crippen LogP contribution >= 0.6 is 0 Å². The Balaban J connectivity index is 1.97. The molecule has 3 nitrogen and oxygen atoms in total. The van der Waals surface area contributed by atoms with Crippen molar-refractivity contribution in [1.82, 2.24) is 10.3 Å². The number of nitrogens with one attached hydrogen (secondary N) is 1. The van der Waals surface area contributed by atoms with Gasteiger partial charge >= 0.3 is 0 Å². The van der Waals surface area contributed by atoms with Crippen LogP contribution in [0, 0.1) is 5.82 Å². The molecule has 2 rings (SSSR count). The third kappa shape index (κ3) is 3.51. The predicted molar refractivity (Wildman–Crippen MR) is 72.4 cm³/mol. The second-order valence-electron chi connectivity index (χ2n) is 4.35. The van der Waals surface area contributed by atoms with Gasteiger partial charge in [0.05, 0.1) is 7.11 Å². The average Bonchev–Trinajstić information content (AvgIpc) is 2.46. The Hall–Kier alpha value is -1.94. The molecule has 0 saturated heterocycles. The average molecular weight is 260 g/mol. The Morgan fingerprint density at radius 3 is 2.63 bits per heavy atom. The first kappa shape index (κ1) is 13.5. The molecular formula is C15H17FN2O. The molecule has 0 radical (unpaired) electrons. The Bertz CT molecular complexity index is 531. The number of nitrogens with zero attached hydrogens (tertiary/aromatic N) is 1. The Morgan fingerprint density at radius 1 is 1.26 bits per heavy atom. The summed E-state index contributed by atoms with van der Waals surface area (Å²) in [6, 6.07) is 9.11. The van der Waals surface area contributed by atoms with Crippen LogP contribution in [0.5, 0.6) is 5.75 Å². The molecule has 1 N–H and O–H groups in total. The Kier molecular flexibility index (Phi) is 4.47. The topological polar surface area (TPSA) is 34.1 Å². The Labute approximate surface area is 112 Å². The van der Waals surface area contributed by atoms with E-state index in [0.717, 1.165) is 11.1 Å². The van der Waals surface area contributed by atoms with Crippen LogP contribution < -0.4 is 10.1 Å². The quantitative estimate of drug-likeness (QED) is 0.897. The first-order chi connectivity index (χ1) is 9.20. The lowest BCUT2D eigenvalue weighted by Gasteiger charge is -2.14. The summed E-state index contributed by atoms with van der Waals surface area (Å²) in [6.45, 7) is 2.67. The summed E-state index contributed by atoms with van der Waals surface area (Å²) >= 11 is 0. The van der Waals surface area contributed by atoms with Crippen LogP contribution in [0.1, 0.15) is 24.1 Å². The van der Waals surface area contributed by atoms with Crippen molar-refractivity contribution in [3.05, 3.63) is 59.7 Å². The van der Waals surface area contributed by atoms with E-state index in [1.165, 1.54) is 13.2 Å². The second-order valence-corrected chi connectivity index (χ2v) is 4.35. The van der Waals surface area contributed by atoms with Crippen molar-refractivity contribution in [1.29, 1.82) is 0 Å². The molecule has 1 aromatic carbocycles. The molecule has 0 saturated carbocycles. The van der Waals surface area contributed by atoms with Crippen molar-refractivity contribution >= 4 is 0 Å². The van der Waals surface area contributed by atoms with Crippen LogP contribution in [0.3, 0.4) is 0 Å². The Morgan fingerprint density at radius 2 is 2.00 bits per heavy atom. The molecular weight excluding hydrogens is 243 g/mol. The minimum atomic E-state index is -0.335. The molecule has 4 heteroatoms. The predicted octanol–water partition coefficient (Wildman–Crippen LogP) is 3.08. The zero-order valence-electron chi connectivity index (χ0n) is 11.1. The van der Waals surface area contributed by atoms with Gasteiger partial charge in [0.15, 0.2) is 11.6 Å². The van der Waals surface area contributed by atoms with Crippen LogP contribution in [0.15, 0.2) is 42.7 Å². The summed E-state index contributed by atoms with van der Waals surface area (Å²) in [5.74, 6) is -0.0655. The number of benzene rings is 1. The van der Waals surface area contributed by atoms with Crippen molar-refractivity contribution in [2.24, 2.45) is 0 Å². The van der Waals surface area contributed by atoms with Gasteiger partial charge in [-0.05, 0) is 42.3 Å². The molecule has 19 heavy (non-hydrogen) atoms. The van der Waals surface area contributed by atoms with E-state index < -0.39 is 0 Å². The summed E-state index contributed by atoms with van der Waals surface area (Å²) in [5.41, 5.74) is 2.04. The molecule has 1 heterocycles. The summed E-state index contributed by atoms with van der Waals surface area (Å²) in [5, 5.41) is 3.34. The number of hydrogen-bond acceptors (Lipinski definition) is 3. The van der Waals surface area contributed by atoms with Crippen LogP contribution in [0.2, 0.25) is 0 Å². The number of methoxy groups -OCH3 is 1. The minimum Gasteiger partial charge on any atom is -0.494 e. The number of hydrogen-bond donors (Lipinski definition) is 1. The maximum Gasteiger partial charge on any atom is 0.165 e. The third-order valence-electron chi connectivity index (χ3n) is 3.03. The van der Waals surface area contributed by atoms with Crippen LogP contribution in [-0.4, -0.2) is 12.1 Å². The van der Waals surface area contributed by atoms with E-state index in [1.807, 2.05) is 18.2 Å². The summed E-state index contributed by atoms with van der Waals surface area (Å²) < 4.78 is 18.4. The second kappa shape index (κ2) is 6.29. The van der Waals surface area contributed by atoms with Gasteiger partial charge < -0.3 is 10.1 Å². The molecule has 0 fully saturated rings. The zero-order chi connectivity index (χ0) is 13.7. The summed E-state index contributed by atoms with van der Waals surface area (Å²) in [7, 11) is 1.46. The highest BCUT2D eigenvalue weighted by Crippen LogP contribution is 2.18. The van der Waals surface area contributed by atoms with Crippen molar-refractivity contribution in [3.63, 3.8) is 0 Å². The van der Waals surface area contributed by atoms with Gasteiger partial charge in [0.2, 0.25) is 0 Å². The van der Waals surface area contributed by atoms with Crippen LogP contribution in [0.4, 0.5) is 4.39 Å². The SMILES string of the molecule is COc1ccc(CNC(C)c2ccncc2)cc1F. The lowest BCUT2D eigenvalue weighted by Crippen LogP contribution is -2.18. The maximum absolute atomic E-state index is 13.5. The minimum absolute atomic E-state index is 0.188. The number of pyridine rings is 1. The van der Waals surface area contributed by atoms with E-state index in [9.17, 15) is 4.39 Å². The molecule has 2 aromatic rings. The summed E-state index contributed by atoms with van der Waals surface area (Å²) in [4.78, 5) is 3.99. The monoisotopic (exact) mass is 260 g/mol. The van der Waals surface area contributed by atoms with E-state index in [0.29, 0.717) is 6.54 Å². The standard InChI is InChI=1S/C15H17FN2O/c1-11(13-5-7-17-8-6-13)18-10-12-3-4-15(19-2)14(16)9-12/h3-9,11,18H,10H2,1-2H3. The van der Waals surface area contributed by atoms with Crippen molar-refractivity contribution in [3.8, 4) is 5.75 Å². The van der Waals surface area contributed by atoms with E-state index in [-0.39, 0.29) is 17.6 Å². The van der Waals surface area contributed by atoms with Crippen molar-refractivity contribution in [2.45, 2.75) is 19.5 Å². The highest BCUT2D eigenvalue weighted by Gasteiger charge is 2.06. The van der Waals surface area contributed by atoms with Gasteiger partial charge in [-0.3, -0.25) is 4.98 Å². The van der Waals surface area contributed by atoms with Crippen molar-refractivity contribution in [2.75, 3.05) is 7.11 Å². The number of rotatable bonds is 5. The summed E-state index contributed by atoms with van der Waals surface area (Å²) in [6.07, 6.45) is 3.53. The molecule has 0 bridgehead atoms. The fourth-order valence-electron chi connectivity index (χ4n) is 1.86. The molecule has 0 aliphatic heterocycles. The van der Waals surface area contributed by atoms with Gasteiger partial charge in [0.1, 0.15) is 0 Å². The number of ether oxygens (including phenoxy) is 1. The molecule has 1 atom stereocenters. The molecule has 0 aliphatic carbocycles. The van der Waals surface area contributed by atoms with Gasteiger partial charge in [-0.25, -0.2) is 4.39 Å². The fraction of sp³-hybridized carbons (Fsp3) is 0.267. The largest absolute Gasteiger partial charge is 0.494 e. The molecule has 0 spiro atoms. The lowest BCUT2D eigenvalue weighted by atomic mass is 10.1. The molecule has 0 aliphatic rings. The normalized spacial score (nSPS) is 12.2. The van der Waals surface area contributed by atoms with E-state index >= 15 is 0 Å². The molecule has 1 unspecified atom stereocenters. The molecule has 1 aromatic heterocycles. The number of halogens is 1. The smallest absolute Gasteiger partial charge is 0.165 e. The lowest BCUT2D eigenvalue weighted by molar-refractivity contribution is 0.386. The fourth-order valence-corrected chi connectivity index (χ4v) is 1.86. The highest BCUT2D eigenvalue weighted by molar-refractivity contribution is 5.29. The van der Waals surface area contributed by atoms with Gasteiger partial charge in [0.25, 0.3) is 0 Å². The van der Waals surface area contributed by atoms with Gasteiger partial charge in [-0.15, -0.1) is 0 Å². The van der Waals surface area contributed by atoms with Crippen LogP contribution in [-0.2, 0) is 6.54 Å². The van der Waals surface area contributed by atoms with Crippen molar-refractivity contribution < 1.29 is 9.13 Å². The van der Waals surface area contributed by atoms with E-state index in [1.54, 1.807) is 18.5 Å². The van der Waals surface area contributed by atoms with E-state index in [4.69, 9.17) is 4.74 Å². The van der Waals surface area contributed by atoms with Gasteiger partial charge in [-0.2, -0.15) is 0 Å². The van der Waals surface area contributed by atoms with Gasteiger partial charge in [0, 0.05) is 25.0 Å². The van der Waals surface area contributed by atoms with Crippen LogP contribution in [0.25, 0.3) is 0 Å². The van der Waals surface area contributed by atoms with Gasteiger partial charge in [-0.1, -0.05) is 6.07 Å². The zero-order valence-corrected chi connectivity index (χ0v) is 11.1. The third-order valence-corrected chi connectivity index (χ3v) is 3.03. The first-order valence-corrected chi connectivity index (χ1v) is 6.16. The first-order valence-electron chi connectivity index (χ1n) is 6.16. The highest BCUT2D eigenvalue weighted by atomic mass is 19.1. The molecule has 100 valence electrons. The molecule has 0 amide bonds. The van der Waals surface area contributed by atoms with E-state index in [2.05, 4.69) is 17.2 Å². The maximum atomic E-state index is 13.5.